The lowest BCUT2D eigenvalue weighted by molar-refractivity contribution is 0.565. The third kappa shape index (κ3) is 3.13. The van der Waals surface area contributed by atoms with Crippen molar-refractivity contribution in [1.29, 1.82) is 0 Å². The zero-order valence-electron chi connectivity index (χ0n) is 9.14. The van der Waals surface area contributed by atoms with Crippen LogP contribution in [0.2, 0.25) is 32.7 Å². The van der Waals surface area contributed by atoms with E-state index in [-0.39, 0.29) is 0 Å². The van der Waals surface area contributed by atoms with Crippen LogP contribution >= 0.6 is 0 Å². The van der Waals surface area contributed by atoms with E-state index in [0.29, 0.717) is 0 Å². The first-order valence-electron chi connectivity index (χ1n) is 4.65. The maximum Gasteiger partial charge on any atom is 0.223 e. The Balaban J connectivity index is 2.78. The van der Waals surface area contributed by atoms with E-state index in [1.807, 2.05) is 12.3 Å². The fourth-order valence-corrected chi connectivity index (χ4v) is 9.02. The molecule has 0 aromatic carbocycles. The van der Waals surface area contributed by atoms with Gasteiger partial charge in [0.25, 0.3) is 0 Å². The van der Waals surface area contributed by atoms with Crippen LogP contribution in [-0.4, -0.2) is 21.6 Å². The minimum Gasteiger partial charge on any atom is -0.452 e. The van der Waals surface area contributed by atoms with Crippen LogP contribution in [0.3, 0.4) is 0 Å². The molecule has 0 amide bonds. The van der Waals surface area contributed by atoms with Crippen LogP contribution in [0.1, 0.15) is 0 Å². The Hall–Kier alpha value is -0.326. The van der Waals surface area contributed by atoms with Crippen LogP contribution in [0.4, 0.5) is 0 Å². The van der Waals surface area contributed by atoms with Gasteiger partial charge in [0, 0.05) is 11.5 Å². The third-order valence-electron chi connectivity index (χ3n) is 1.81. The summed E-state index contributed by atoms with van der Waals surface area (Å²) in [5.41, 5.74) is 0. The highest BCUT2D eigenvalue weighted by atomic mass is 28.4. The summed E-state index contributed by atoms with van der Waals surface area (Å²) in [6.45, 7) is 11.2. The number of rotatable bonds is 3. The molecule has 0 aliphatic rings. The summed E-state index contributed by atoms with van der Waals surface area (Å²) in [6, 6.07) is 4.17. The minimum atomic E-state index is -1.66. The second-order valence-corrected chi connectivity index (χ2v) is 13.4. The summed E-state index contributed by atoms with van der Waals surface area (Å²) in [5, 5.41) is 1.29. The molecule has 1 N–H and O–H groups in total. The van der Waals surface area contributed by atoms with Crippen molar-refractivity contribution in [1.82, 2.24) is 4.98 Å². The van der Waals surface area contributed by atoms with Crippen molar-refractivity contribution in [2.75, 3.05) is 0 Å². The molecule has 0 radical (unpaired) electrons. The van der Waals surface area contributed by atoms with Gasteiger partial charge in [-0.25, -0.2) is 0 Å². The molecule has 1 aromatic heterocycles. The smallest absolute Gasteiger partial charge is 0.223 e. The summed E-state index contributed by atoms with van der Waals surface area (Å²) in [5.74, 6) is 0. The largest absolute Gasteiger partial charge is 0.452 e. The molecule has 74 valence electrons. The predicted octanol–water partition coefficient (Wildman–Crippen LogP) is 2.28. The summed E-state index contributed by atoms with van der Waals surface area (Å²) >= 11 is 0. The molecule has 13 heavy (non-hydrogen) atoms. The fraction of sp³-hybridized carbons (Fsp3) is 0.556. The molecule has 2 nitrogen and oxygen atoms in total. The van der Waals surface area contributed by atoms with Crippen molar-refractivity contribution in [3.05, 3.63) is 18.3 Å². The summed E-state index contributed by atoms with van der Waals surface area (Å²) < 4.78 is 6.22. The molecular weight excluding hydrogens is 194 g/mol. The van der Waals surface area contributed by atoms with Crippen molar-refractivity contribution < 1.29 is 4.12 Å². The number of aromatic amines is 1. The van der Waals surface area contributed by atoms with Gasteiger partial charge in [-0.05, 0) is 44.9 Å². The lowest BCUT2D eigenvalue weighted by Gasteiger charge is -2.30. The topological polar surface area (TPSA) is 25.0 Å². The molecule has 0 atom stereocenters. The van der Waals surface area contributed by atoms with Crippen molar-refractivity contribution in [3.63, 3.8) is 0 Å². The first kappa shape index (κ1) is 10.8. The molecule has 0 spiro atoms. The molecule has 0 unspecified atom stereocenters. The predicted molar refractivity (Wildman–Crippen MR) is 62.3 cm³/mol. The standard InChI is InChI=1S/C9H19NOSi2/c1-12(2,3)11-13(4,5)9-7-6-8-10-9/h6-8,10H,1-5H3. The van der Waals surface area contributed by atoms with E-state index in [0.717, 1.165) is 0 Å². The van der Waals surface area contributed by atoms with Crippen LogP contribution < -0.4 is 5.32 Å². The second kappa shape index (κ2) is 3.44. The van der Waals surface area contributed by atoms with Gasteiger partial charge in [-0.1, -0.05) is 0 Å². The molecule has 1 aromatic rings. The monoisotopic (exact) mass is 213 g/mol. The molecule has 0 saturated carbocycles. The van der Waals surface area contributed by atoms with Gasteiger partial charge >= 0.3 is 0 Å². The highest BCUT2D eigenvalue weighted by Crippen LogP contribution is 2.13. The Morgan fingerprint density at radius 1 is 1.15 bits per heavy atom. The Labute approximate surface area is 82.6 Å². The maximum atomic E-state index is 6.22. The maximum absolute atomic E-state index is 6.22. The normalized spacial score (nSPS) is 13.3. The van der Waals surface area contributed by atoms with Crippen LogP contribution in [-0.2, 0) is 4.12 Å². The Kier molecular flexibility index (Phi) is 2.84. The highest BCUT2D eigenvalue weighted by molar-refractivity contribution is 6.91. The van der Waals surface area contributed by atoms with Gasteiger partial charge in [0.2, 0.25) is 8.32 Å². The molecule has 0 aliphatic heterocycles. The van der Waals surface area contributed by atoms with Crippen molar-refractivity contribution >= 4 is 22.0 Å². The Bertz CT molecular complexity index is 262. The number of hydrogen-bond donors (Lipinski definition) is 1. The highest BCUT2D eigenvalue weighted by Gasteiger charge is 2.32. The third-order valence-corrected chi connectivity index (χ3v) is 7.91. The van der Waals surface area contributed by atoms with Crippen LogP contribution in [0.5, 0.6) is 0 Å². The van der Waals surface area contributed by atoms with Gasteiger partial charge in [-0.2, -0.15) is 0 Å². The minimum absolute atomic E-state index is 1.29. The lowest BCUT2D eigenvalue weighted by Crippen LogP contribution is -2.52. The van der Waals surface area contributed by atoms with E-state index in [1.165, 1.54) is 5.32 Å². The molecule has 4 heteroatoms. The average Bonchev–Trinajstić information content (AvgIpc) is 2.29. The number of nitrogens with one attached hydrogen (secondary N) is 1. The zero-order valence-corrected chi connectivity index (χ0v) is 11.1. The first-order valence-corrected chi connectivity index (χ1v) is 11.0. The van der Waals surface area contributed by atoms with Gasteiger partial charge in [0.15, 0.2) is 8.32 Å². The van der Waals surface area contributed by atoms with E-state index in [2.05, 4.69) is 43.8 Å². The van der Waals surface area contributed by atoms with E-state index in [9.17, 15) is 0 Å². The SMILES string of the molecule is C[Si](C)(C)O[Si](C)(C)c1ccc[nH]1. The summed E-state index contributed by atoms with van der Waals surface area (Å²) in [4.78, 5) is 3.26. The summed E-state index contributed by atoms with van der Waals surface area (Å²) in [6.07, 6.45) is 1.97. The molecule has 1 rings (SSSR count). The first-order chi connectivity index (χ1) is 5.81. The quantitative estimate of drug-likeness (QED) is 0.766. The molecule has 0 fully saturated rings. The van der Waals surface area contributed by atoms with Crippen molar-refractivity contribution in [2.24, 2.45) is 0 Å². The molecule has 0 saturated heterocycles. The van der Waals surface area contributed by atoms with E-state index in [4.69, 9.17) is 4.12 Å². The van der Waals surface area contributed by atoms with Crippen LogP contribution in [0.15, 0.2) is 18.3 Å². The van der Waals surface area contributed by atoms with Gasteiger partial charge < -0.3 is 9.10 Å². The Morgan fingerprint density at radius 3 is 2.15 bits per heavy atom. The lowest BCUT2D eigenvalue weighted by atomic mass is 10.7. The second-order valence-electron chi connectivity index (χ2n) is 4.81. The number of aromatic nitrogens is 1. The van der Waals surface area contributed by atoms with E-state index in [1.54, 1.807) is 0 Å². The number of H-pyrrole nitrogens is 1. The van der Waals surface area contributed by atoms with Gasteiger partial charge in [0.1, 0.15) is 0 Å². The van der Waals surface area contributed by atoms with Gasteiger partial charge in [0.05, 0.1) is 0 Å². The van der Waals surface area contributed by atoms with Crippen molar-refractivity contribution in [2.45, 2.75) is 32.7 Å². The van der Waals surface area contributed by atoms with Crippen LogP contribution in [0.25, 0.3) is 0 Å². The molecular formula is C9H19NOSi2. The van der Waals surface area contributed by atoms with Gasteiger partial charge in [-0.3, -0.25) is 0 Å². The zero-order chi connectivity index (χ0) is 10.1. The molecule has 0 bridgehead atoms. The summed E-state index contributed by atoms with van der Waals surface area (Å²) in [7, 11) is -3.06. The van der Waals surface area contributed by atoms with E-state index >= 15 is 0 Å². The number of hydrogen-bond acceptors (Lipinski definition) is 1. The van der Waals surface area contributed by atoms with Crippen LogP contribution in [0, 0.1) is 0 Å². The Morgan fingerprint density at radius 2 is 1.77 bits per heavy atom. The average molecular weight is 213 g/mol. The van der Waals surface area contributed by atoms with Crippen molar-refractivity contribution in [3.8, 4) is 0 Å². The fourth-order valence-electron chi connectivity index (χ4n) is 1.53. The van der Waals surface area contributed by atoms with E-state index < -0.39 is 16.6 Å². The molecule has 0 aliphatic carbocycles. The van der Waals surface area contributed by atoms with Gasteiger partial charge in [-0.15, -0.1) is 0 Å². The molecule has 1 heterocycles.